The summed E-state index contributed by atoms with van der Waals surface area (Å²) in [5.41, 5.74) is 2.11. The highest BCUT2D eigenvalue weighted by molar-refractivity contribution is 9.10. The average molecular weight is 269 g/mol. The molecule has 1 rings (SSSR count). The molecule has 0 atom stereocenters. The van der Waals surface area contributed by atoms with Crippen LogP contribution in [0.3, 0.4) is 0 Å². The van der Waals surface area contributed by atoms with Crippen LogP contribution in [0.4, 0.5) is 11.4 Å². The van der Waals surface area contributed by atoms with Gasteiger partial charge >= 0.3 is 5.08 Å². The fraction of sp³-hybridized carbons (Fsp3) is 0. The summed E-state index contributed by atoms with van der Waals surface area (Å²) in [6, 6.07) is 4.03. The lowest BCUT2D eigenvalue weighted by atomic mass is 10.2. The minimum atomic E-state index is -0.620. The summed E-state index contributed by atoms with van der Waals surface area (Å²) < 4.78 is 0.269. The zero-order valence-electron chi connectivity index (χ0n) is 7.14. The number of halogens is 1. The molecule has 7 nitrogen and oxygen atoms in total. The van der Waals surface area contributed by atoms with E-state index in [1.165, 1.54) is 6.07 Å². The van der Waals surface area contributed by atoms with Gasteiger partial charge < -0.3 is 0 Å². The van der Waals surface area contributed by atoms with Gasteiger partial charge in [0.25, 0.3) is 11.1 Å². The number of nitriles is 1. The Labute approximate surface area is 92.2 Å². The summed E-state index contributed by atoms with van der Waals surface area (Å²) in [5.74, 6) is 0. The Kier molecular flexibility index (Phi) is 3.16. The summed E-state index contributed by atoms with van der Waals surface area (Å²) in [6.45, 7) is 0. The maximum atomic E-state index is 10.5. The Morgan fingerprint density at radius 3 is 2.73 bits per heavy atom. The Morgan fingerprint density at radius 1 is 1.60 bits per heavy atom. The number of benzene rings is 1. The van der Waals surface area contributed by atoms with E-state index < -0.39 is 4.92 Å². The molecule has 0 unspecified atom stereocenters. The van der Waals surface area contributed by atoms with Crippen LogP contribution in [-0.4, -0.2) is 4.92 Å². The van der Waals surface area contributed by atoms with Gasteiger partial charge in [0.1, 0.15) is 11.8 Å². The number of hydrogen-bond donors (Lipinski definition) is 1. The highest BCUT2D eigenvalue weighted by atomic mass is 79.9. The predicted octanol–water partition coefficient (Wildman–Crippen LogP) is 2.41. The molecule has 1 N–H and O–H groups in total. The third-order valence-electron chi connectivity index (χ3n) is 1.57. The molecule has 0 aliphatic heterocycles. The van der Waals surface area contributed by atoms with Crippen LogP contribution in [0.15, 0.2) is 16.6 Å². The van der Waals surface area contributed by atoms with Crippen LogP contribution in [0.1, 0.15) is 5.56 Å². The van der Waals surface area contributed by atoms with E-state index in [1.54, 1.807) is 6.07 Å². The second-order valence-electron chi connectivity index (χ2n) is 2.43. The molecule has 1 aromatic carbocycles. The number of diazo groups is 1. The predicted molar refractivity (Wildman–Crippen MR) is 54.2 cm³/mol. The van der Waals surface area contributed by atoms with Gasteiger partial charge in [0.05, 0.1) is 15.0 Å². The first-order valence-corrected chi connectivity index (χ1v) is 4.37. The van der Waals surface area contributed by atoms with Gasteiger partial charge in [-0.3, -0.25) is 10.1 Å². The molecule has 15 heavy (non-hydrogen) atoms. The Hall–Kier alpha value is -2.19. The molecule has 1 aromatic rings. The molecule has 0 bridgehead atoms. The van der Waals surface area contributed by atoms with Crippen LogP contribution >= 0.6 is 15.9 Å². The first-order chi connectivity index (χ1) is 7.10. The van der Waals surface area contributed by atoms with E-state index in [0.29, 0.717) is 0 Å². The van der Waals surface area contributed by atoms with E-state index in [-0.39, 0.29) is 21.4 Å². The molecule has 8 heteroatoms. The summed E-state index contributed by atoms with van der Waals surface area (Å²) in [7, 11) is 0. The minimum absolute atomic E-state index is 0.00822. The second-order valence-corrected chi connectivity index (χ2v) is 3.29. The number of nitro groups is 1. The van der Waals surface area contributed by atoms with Gasteiger partial charge in [-0.25, -0.2) is 0 Å². The number of anilines is 1. The average Bonchev–Trinajstić information content (AvgIpc) is 2.20. The number of hydrogen-bond acceptors (Lipinski definition) is 5. The van der Waals surface area contributed by atoms with Crippen molar-refractivity contribution in [2.24, 2.45) is 0 Å². The highest BCUT2D eigenvalue weighted by Gasteiger charge is 2.17. The standard InChI is InChI=1S/C7H3BrN5O2/c8-6-2-5(13(14)15)1-4(3-9)7(6)11-12-10/h1-2,11H/q+1. The molecule has 0 radical (unpaired) electrons. The van der Waals surface area contributed by atoms with Crippen molar-refractivity contribution in [1.82, 2.24) is 0 Å². The Bertz CT molecular complexity index is 501. The lowest BCUT2D eigenvalue weighted by molar-refractivity contribution is -0.384. The second kappa shape index (κ2) is 4.35. The third kappa shape index (κ3) is 2.18. The van der Waals surface area contributed by atoms with Gasteiger partial charge in [-0.15, -0.1) is 0 Å². The van der Waals surface area contributed by atoms with Crippen LogP contribution < -0.4 is 5.43 Å². The molecule has 0 aliphatic carbocycles. The van der Waals surface area contributed by atoms with E-state index in [4.69, 9.17) is 10.7 Å². The van der Waals surface area contributed by atoms with Crippen molar-refractivity contribution in [2.75, 3.05) is 5.43 Å². The van der Waals surface area contributed by atoms with Gasteiger partial charge in [-0.05, 0) is 21.4 Å². The summed E-state index contributed by atoms with van der Waals surface area (Å²) in [6.07, 6.45) is 0. The van der Waals surface area contributed by atoms with Crippen molar-refractivity contribution in [1.29, 1.82) is 10.7 Å². The fourth-order valence-corrected chi connectivity index (χ4v) is 1.49. The quantitative estimate of drug-likeness (QED) is 0.503. The minimum Gasteiger partial charge on any atom is -0.258 e. The maximum Gasteiger partial charge on any atom is 0.308 e. The van der Waals surface area contributed by atoms with Crippen LogP contribution in [0.5, 0.6) is 0 Å². The van der Waals surface area contributed by atoms with Crippen molar-refractivity contribution < 1.29 is 4.92 Å². The van der Waals surface area contributed by atoms with E-state index in [2.05, 4.69) is 26.4 Å². The molecular formula is C7H3BrN5O2+. The zero-order chi connectivity index (χ0) is 11.4. The molecule has 74 valence electrons. The molecule has 0 fully saturated rings. The molecule has 0 saturated carbocycles. The zero-order valence-corrected chi connectivity index (χ0v) is 8.72. The number of nitro benzene ring substituents is 1. The Balaban J connectivity index is 3.40. The van der Waals surface area contributed by atoms with E-state index >= 15 is 0 Å². The van der Waals surface area contributed by atoms with E-state index in [9.17, 15) is 10.1 Å². The van der Waals surface area contributed by atoms with Crippen molar-refractivity contribution in [3.63, 3.8) is 0 Å². The highest BCUT2D eigenvalue weighted by Crippen LogP contribution is 2.31. The summed E-state index contributed by atoms with van der Waals surface area (Å²) >= 11 is 3.02. The normalized spacial score (nSPS) is 8.73. The van der Waals surface area contributed by atoms with Crippen LogP contribution in [0, 0.1) is 26.8 Å². The van der Waals surface area contributed by atoms with Gasteiger partial charge in [0, 0.05) is 12.1 Å². The van der Waals surface area contributed by atoms with Gasteiger partial charge in [-0.1, -0.05) is 0 Å². The topological polar surface area (TPSA) is 107 Å². The summed E-state index contributed by atoms with van der Waals surface area (Å²) in [4.78, 5) is 9.85. The fourth-order valence-electron chi connectivity index (χ4n) is 0.950. The molecule has 0 saturated heterocycles. The van der Waals surface area contributed by atoms with E-state index in [1.807, 2.05) is 0 Å². The first kappa shape index (κ1) is 10.9. The van der Waals surface area contributed by atoms with Crippen LogP contribution in [0.2, 0.25) is 0 Å². The lowest BCUT2D eigenvalue weighted by Gasteiger charge is -1.98. The Morgan fingerprint density at radius 2 is 2.27 bits per heavy atom. The van der Waals surface area contributed by atoms with E-state index in [0.717, 1.165) is 6.07 Å². The number of non-ortho nitro benzene ring substituents is 1. The molecule has 0 heterocycles. The van der Waals surface area contributed by atoms with Crippen molar-refractivity contribution in [2.45, 2.75) is 0 Å². The first-order valence-electron chi connectivity index (χ1n) is 3.58. The largest absolute Gasteiger partial charge is 0.308 e. The SMILES string of the molecule is N#Cc1cc([N+](=O)[O-])cc(Br)c1N[N+]#N. The molecule has 0 spiro atoms. The number of rotatable bonds is 2. The van der Waals surface area contributed by atoms with Crippen LogP contribution in [-0.2, 0) is 0 Å². The lowest BCUT2D eigenvalue weighted by Crippen LogP contribution is -1.95. The van der Waals surface area contributed by atoms with Gasteiger partial charge in [0.2, 0.25) is 0 Å². The number of nitrogens with one attached hydrogen (secondary N) is 1. The maximum absolute atomic E-state index is 10.5. The van der Waals surface area contributed by atoms with Crippen molar-refractivity contribution in [3.05, 3.63) is 37.4 Å². The molecule has 0 aliphatic rings. The van der Waals surface area contributed by atoms with Crippen molar-refractivity contribution >= 4 is 27.3 Å². The molecule has 0 amide bonds. The third-order valence-corrected chi connectivity index (χ3v) is 2.19. The van der Waals surface area contributed by atoms with Gasteiger partial charge in [0.15, 0.2) is 0 Å². The van der Waals surface area contributed by atoms with Gasteiger partial charge in [-0.2, -0.15) is 5.26 Å². The molecular weight excluding hydrogens is 266 g/mol. The smallest absolute Gasteiger partial charge is 0.258 e. The van der Waals surface area contributed by atoms with Crippen molar-refractivity contribution in [3.8, 4) is 6.07 Å². The van der Waals surface area contributed by atoms with Crippen LogP contribution in [0.25, 0.3) is 5.08 Å². The molecule has 0 aromatic heterocycles. The number of nitrogens with zero attached hydrogens (tertiary/aromatic N) is 4. The monoisotopic (exact) mass is 268 g/mol. The summed E-state index contributed by atoms with van der Waals surface area (Å²) in [5, 5.41) is 30.1.